The zero-order valence-electron chi connectivity index (χ0n) is 20.9. The quantitative estimate of drug-likeness (QED) is 0.217. The van der Waals surface area contributed by atoms with Crippen LogP contribution in [-0.2, 0) is 6.42 Å². The van der Waals surface area contributed by atoms with Gasteiger partial charge in [-0.1, -0.05) is 105 Å². The molecule has 0 aliphatic heterocycles. The largest absolute Gasteiger partial charge is 0.205 e. The lowest BCUT2D eigenvalue weighted by Gasteiger charge is -2.03. The summed E-state index contributed by atoms with van der Waals surface area (Å²) in [5.74, 6) is 9.91. The first-order valence-electron chi connectivity index (χ1n) is 12.7. The minimum atomic E-state index is -0.699. The molecule has 0 amide bonds. The number of benzene rings is 3. The molecule has 0 bridgehead atoms. The van der Waals surface area contributed by atoms with Gasteiger partial charge < -0.3 is 0 Å². The first kappa shape index (κ1) is 26.2. The Morgan fingerprint density at radius 1 is 0.571 bits per heavy atom. The molecule has 0 saturated carbocycles. The van der Waals surface area contributed by atoms with Crippen molar-refractivity contribution in [2.45, 2.75) is 71.6 Å². The normalized spacial score (nSPS) is 10.3. The molecular formula is C33H34F2. The van der Waals surface area contributed by atoms with Crippen LogP contribution in [0.2, 0.25) is 0 Å². The molecule has 3 aromatic rings. The highest BCUT2D eigenvalue weighted by Crippen LogP contribution is 2.15. The maximum absolute atomic E-state index is 14.5. The van der Waals surface area contributed by atoms with Gasteiger partial charge in [-0.25, -0.2) is 8.78 Å². The van der Waals surface area contributed by atoms with Crippen LogP contribution in [0.1, 0.15) is 91.7 Å². The van der Waals surface area contributed by atoms with Crippen molar-refractivity contribution < 1.29 is 8.78 Å². The van der Waals surface area contributed by atoms with Crippen LogP contribution in [0.3, 0.4) is 0 Å². The van der Waals surface area contributed by atoms with Crippen molar-refractivity contribution in [3.8, 4) is 23.7 Å². The lowest BCUT2D eigenvalue weighted by molar-refractivity contribution is 0.575. The Bertz CT molecular complexity index is 1170. The lowest BCUT2D eigenvalue weighted by Crippen LogP contribution is -1.92. The van der Waals surface area contributed by atoms with E-state index in [-0.39, 0.29) is 5.56 Å². The molecule has 0 unspecified atom stereocenters. The SMILES string of the molecule is CCCCCCCCCCc1ccc(C#Cc2cc(F)c(C#Cc3ccc(C)cc3)c(F)c2)cc1. The van der Waals surface area contributed by atoms with Crippen LogP contribution < -0.4 is 0 Å². The molecule has 0 aliphatic carbocycles. The Kier molecular flexibility index (Phi) is 10.6. The van der Waals surface area contributed by atoms with E-state index >= 15 is 0 Å². The van der Waals surface area contributed by atoms with Gasteiger partial charge in [0.1, 0.15) is 11.6 Å². The first-order valence-corrected chi connectivity index (χ1v) is 12.7. The number of hydrogen-bond acceptors (Lipinski definition) is 0. The molecule has 0 heterocycles. The average molecular weight is 469 g/mol. The van der Waals surface area contributed by atoms with E-state index in [0.29, 0.717) is 11.1 Å². The van der Waals surface area contributed by atoms with Crippen molar-refractivity contribution in [1.82, 2.24) is 0 Å². The Labute approximate surface area is 209 Å². The van der Waals surface area contributed by atoms with E-state index in [2.05, 4.69) is 42.7 Å². The fraction of sp³-hybridized carbons (Fsp3) is 0.333. The summed E-state index contributed by atoms with van der Waals surface area (Å²) in [7, 11) is 0. The van der Waals surface area contributed by atoms with E-state index in [0.717, 1.165) is 17.5 Å². The van der Waals surface area contributed by atoms with Gasteiger partial charge in [-0.15, -0.1) is 0 Å². The van der Waals surface area contributed by atoms with Crippen LogP contribution in [-0.4, -0.2) is 0 Å². The maximum atomic E-state index is 14.5. The van der Waals surface area contributed by atoms with E-state index < -0.39 is 11.6 Å². The standard InChI is InChI=1S/C33H34F2/c1-3-4-5-6-7-8-9-10-11-27-16-18-29(19-17-27)20-21-30-24-32(34)31(33(35)25-30)23-22-28-14-12-26(2)13-15-28/h12-19,24-25H,3-11H2,1-2H3. The smallest absolute Gasteiger partial charge is 0.143 e. The molecule has 0 spiro atoms. The van der Waals surface area contributed by atoms with Crippen molar-refractivity contribution in [2.24, 2.45) is 0 Å². The predicted octanol–water partition coefficient (Wildman–Crippen LogP) is 8.76. The van der Waals surface area contributed by atoms with E-state index in [1.165, 1.54) is 69.1 Å². The second-order valence-electron chi connectivity index (χ2n) is 9.10. The summed E-state index contributed by atoms with van der Waals surface area (Å²) < 4.78 is 29.0. The molecule has 180 valence electrons. The molecule has 0 saturated heterocycles. The van der Waals surface area contributed by atoms with Gasteiger partial charge in [-0.2, -0.15) is 0 Å². The fourth-order valence-corrected chi connectivity index (χ4v) is 3.90. The van der Waals surface area contributed by atoms with Gasteiger partial charge in [0, 0.05) is 16.7 Å². The highest BCUT2D eigenvalue weighted by atomic mass is 19.1. The molecule has 3 aromatic carbocycles. The summed E-state index contributed by atoms with van der Waals surface area (Å²) >= 11 is 0. The van der Waals surface area contributed by atoms with E-state index in [9.17, 15) is 8.78 Å². The molecule has 0 nitrogen and oxygen atoms in total. The van der Waals surface area contributed by atoms with Crippen LogP contribution >= 0.6 is 0 Å². The number of rotatable bonds is 9. The molecular weight excluding hydrogens is 434 g/mol. The summed E-state index contributed by atoms with van der Waals surface area (Å²) in [5.41, 5.74) is 4.01. The summed E-state index contributed by atoms with van der Waals surface area (Å²) in [6.45, 7) is 4.22. The topological polar surface area (TPSA) is 0 Å². The van der Waals surface area contributed by atoms with E-state index in [1.54, 1.807) is 0 Å². The number of hydrogen-bond donors (Lipinski definition) is 0. The van der Waals surface area contributed by atoms with Gasteiger partial charge in [-0.3, -0.25) is 0 Å². The monoisotopic (exact) mass is 468 g/mol. The summed E-state index contributed by atoms with van der Waals surface area (Å²) in [6.07, 6.45) is 11.6. The number of aryl methyl sites for hydroxylation is 2. The van der Waals surface area contributed by atoms with Crippen molar-refractivity contribution in [3.63, 3.8) is 0 Å². The van der Waals surface area contributed by atoms with Crippen LogP contribution in [0, 0.1) is 42.2 Å². The van der Waals surface area contributed by atoms with Crippen LogP contribution in [0.4, 0.5) is 8.78 Å². The second kappa shape index (κ2) is 14.1. The van der Waals surface area contributed by atoms with Gasteiger partial charge in [0.2, 0.25) is 0 Å². The van der Waals surface area contributed by atoms with Crippen LogP contribution in [0.15, 0.2) is 60.7 Å². The summed E-state index contributed by atoms with van der Waals surface area (Å²) in [4.78, 5) is 0. The second-order valence-corrected chi connectivity index (χ2v) is 9.10. The van der Waals surface area contributed by atoms with Crippen LogP contribution in [0.5, 0.6) is 0 Å². The molecule has 0 atom stereocenters. The molecule has 2 heteroatoms. The Hall–Kier alpha value is -3.36. The zero-order valence-corrected chi connectivity index (χ0v) is 20.9. The molecule has 3 rings (SSSR count). The van der Waals surface area contributed by atoms with Crippen molar-refractivity contribution >= 4 is 0 Å². The van der Waals surface area contributed by atoms with Gasteiger partial charge >= 0.3 is 0 Å². The summed E-state index contributed by atoms with van der Waals surface area (Å²) in [5, 5.41) is 0. The van der Waals surface area contributed by atoms with Gasteiger partial charge in [0.15, 0.2) is 0 Å². The molecule has 0 N–H and O–H groups in total. The maximum Gasteiger partial charge on any atom is 0.143 e. The third-order valence-electron chi connectivity index (χ3n) is 6.05. The number of halogens is 2. The van der Waals surface area contributed by atoms with Crippen LogP contribution in [0.25, 0.3) is 0 Å². The van der Waals surface area contributed by atoms with E-state index in [4.69, 9.17) is 0 Å². The Balaban J connectivity index is 1.54. The Morgan fingerprint density at radius 2 is 1.06 bits per heavy atom. The molecule has 0 radical (unpaired) electrons. The molecule has 0 aliphatic rings. The van der Waals surface area contributed by atoms with E-state index in [1.807, 2.05) is 43.3 Å². The fourth-order valence-electron chi connectivity index (χ4n) is 3.90. The highest BCUT2D eigenvalue weighted by Gasteiger charge is 2.08. The third-order valence-corrected chi connectivity index (χ3v) is 6.05. The minimum Gasteiger partial charge on any atom is -0.205 e. The highest BCUT2D eigenvalue weighted by molar-refractivity contribution is 5.49. The van der Waals surface area contributed by atoms with Gasteiger partial charge in [0.25, 0.3) is 0 Å². The lowest BCUT2D eigenvalue weighted by atomic mass is 10.0. The first-order chi connectivity index (χ1) is 17.0. The zero-order chi connectivity index (χ0) is 24.9. The third kappa shape index (κ3) is 9.07. The molecule has 0 fully saturated rings. The number of unbranched alkanes of at least 4 members (excludes halogenated alkanes) is 7. The molecule has 0 aromatic heterocycles. The van der Waals surface area contributed by atoms with Crippen molar-refractivity contribution in [3.05, 3.63) is 106 Å². The van der Waals surface area contributed by atoms with Crippen molar-refractivity contribution in [2.75, 3.05) is 0 Å². The van der Waals surface area contributed by atoms with Gasteiger partial charge in [-0.05, 0) is 61.7 Å². The predicted molar refractivity (Wildman–Crippen MR) is 142 cm³/mol. The molecule has 35 heavy (non-hydrogen) atoms. The van der Waals surface area contributed by atoms with Gasteiger partial charge in [0.05, 0.1) is 5.56 Å². The average Bonchev–Trinajstić information content (AvgIpc) is 2.85. The Morgan fingerprint density at radius 3 is 1.66 bits per heavy atom. The minimum absolute atomic E-state index is 0.235. The van der Waals surface area contributed by atoms with Crippen molar-refractivity contribution in [1.29, 1.82) is 0 Å². The summed E-state index contributed by atoms with van der Waals surface area (Å²) in [6, 6.07) is 18.1.